The average Bonchev–Trinajstić information content (AvgIpc) is 2.81. The number of allylic oxidation sites excluding steroid dienone is 2. The molecule has 1 aliphatic heterocycles. The molecule has 3 atom stereocenters. The Hall–Kier alpha value is -2.24. The standard InChI is InChI=1S/C17H11Cl2NO4/c1-7-2-3-11-13(17(24)20-16(11)23)12(7)8-4-9(14(18)21)6-10(5-8)15(19)22/h2-6,11-13H,1H2,(H,20,23,24). The number of hydrogen-bond acceptors (Lipinski definition) is 4. The molecule has 2 aliphatic rings. The second-order valence-electron chi connectivity index (χ2n) is 5.71. The Labute approximate surface area is 147 Å². The molecule has 0 bridgehead atoms. The second-order valence-corrected chi connectivity index (χ2v) is 6.39. The van der Waals surface area contributed by atoms with Gasteiger partial charge >= 0.3 is 0 Å². The lowest BCUT2D eigenvalue weighted by atomic mass is 9.71. The molecule has 0 radical (unpaired) electrons. The molecule has 1 N–H and O–H groups in total. The van der Waals surface area contributed by atoms with E-state index in [1.807, 2.05) is 0 Å². The predicted octanol–water partition coefficient (Wildman–Crippen LogP) is 2.54. The molecule has 0 spiro atoms. The van der Waals surface area contributed by atoms with E-state index in [1.165, 1.54) is 18.2 Å². The van der Waals surface area contributed by atoms with Crippen LogP contribution in [0.2, 0.25) is 0 Å². The Morgan fingerprint density at radius 3 is 2.12 bits per heavy atom. The van der Waals surface area contributed by atoms with Crippen molar-refractivity contribution in [3.63, 3.8) is 0 Å². The van der Waals surface area contributed by atoms with Crippen LogP contribution in [0.25, 0.3) is 0 Å². The Balaban J connectivity index is 2.16. The van der Waals surface area contributed by atoms with Gasteiger partial charge < -0.3 is 0 Å². The molecule has 24 heavy (non-hydrogen) atoms. The van der Waals surface area contributed by atoms with Gasteiger partial charge in [0.1, 0.15) is 0 Å². The van der Waals surface area contributed by atoms with Gasteiger partial charge in [-0.2, -0.15) is 0 Å². The van der Waals surface area contributed by atoms with Crippen LogP contribution in [-0.2, 0) is 9.59 Å². The number of nitrogens with one attached hydrogen (secondary N) is 1. The van der Waals surface area contributed by atoms with Crippen LogP contribution in [0.4, 0.5) is 0 Å². The van der Waals surface area contributed by atoms with Gasteiger partial charge in [0.05, 0.1) is 11.8 Å². The van der Waals surface area contributed by atoms with Crippen molar-refractivity contribution in [3.8, 4) is 0 Å². The van der Waals surface area contributed by atoms with E-state index >= 15 is 0 Å². The highest BCUT2D eigenvalue weighted by Gasteiger charge is 2.47. The zero-order valence-electron chi connectivity index (χ0n) is 12.2. The van der Waals surface area contributed by atoms with Gasteiger partial charge in [-0.3, -0.25) is 24.5 Å². The SMILES string of the molecule is C=C1C=CC2C(=O)NC(=O)C2C1c1cc(C(=O)Cl)cc(C(=O)Cl)c1. The number of rotatable bonds is 3. The molecule has 1 fully saturated rings. The minimum Gasteiger partial charge on any atom is -0.296 e. The number of halogens is 2. The smallest absolute Gasteiger partial charge is 0.252 e. The number of amides is 2. The molecule has 3 unspecified atom stereocenters. The van der Waals surface area contributed by atoms with Crippen molar-refractivity contribution in [2.24, 2.45) is 11.8 Å². The third-order valence-electron chi connectivity index (χ3n) is 4.28. The molecule has 5 nitrogen and oxygen atoms in total. The zero-order valence-corrected chi connectivity index (χ0v) is 13.7. The van der Waals surface area contributed by atoms with Gasteiger partial charge in [-0.05, 0) is 52.5 Å². The average molecular weight is 364 g/mol. The number of hydrogen-bond donors (Lipinski definition) is 1. The fraction of sp³-hybridized carbons (Fsp3) is 0.176. The first kappa shape index (κ1) is 16.6. The highest BCUT2D eigenvalue weighted by atomic mass is 35.5. The Morgan fingerprint density at radius 1 is 1.00 bits per heavy atom. The van der Waals surface area contributed by atoms with Gasteiger partial charge in [-0.25, -0.2) is 0 Å². The van der Waals surface area contributed by atoms with Gasteiger partial charge in [-0.1, -0.05) is 18.7 Å². The van der Waals surface area contributed by atoms with E-state index in [2.05, 4.69) is 11.9 Å². The summed E-state index contributed by atoms with van der Waals surface area (Å²) in [7, 11) is 0. The molecule has 1 saturated heterocycles. The summed E-state index contributed by atoms with van der Waals surface area (Å²) in [5, 5.41) is 0.791. The molecule has 3 rings (SSSR count). The molecule has 1 heterocycles. The van der Waals surface area contributed by atoms with Crippen LogP contribution in [0.15, 0.2) is 42.5 Å². The van der Waals surface area contributed by atoms with E-state index in [-0.39, 0.29) is 17.0 Å². The molecule has 122 valence electrons. The lowest BCUT2D eigenvalue weighted by Crippen LogP contribution is -2.28. The van der Waals surface area contributed by atoms with Crippen molar-refractivity contribution in [2.45, 2.75) is 5.92 Å². The molecule has 2 amide bonds. The maximum absolute atomic E-state index is 12.2. The Morgan fingerprint density at radius 2 is 1.58 bits per heavy atom. The van der Waals surface area contributed by atoms with Crippen molar-refractivity contribution < 1.29 is 19.2 Å². The summed E-state index contributed by atoms with van der Waals surface area (Å²) in [6.45, 7) is 3.93. The summed E-state index contributed by atoms with van der Waals surface area (Å²) < 4.78 is 0. The van der Waals surface area contributed by atoms with E-state index in [4.69, 9.17) is 23.2 Å². The first-order valence-corrected chi connectivity index (χ1v) is 7.81. The van der Waals surface area contributed by atoms with Crippen LogP contribution in [0, 0.1) is 11.8 Å². The maximum Gasteiger partial charge on any atom is 0.252 e. The van der Waals surface area contributed by atoms with Crippen LogP contribution in [0.5, 0.6) is 0 Å². The summed E-state index contributed by atoms with van der Waals surface area (Å²) in [6, 6.07) is 4.26. The Bertz CT molecular complexity index is 811. The molecule has 1 aromatic carbocycles. The van der Waals surface area contributed by atoms with Crippen LogP contribution in [0.1, 0.15) is 32.2 Å². The van der Waals surface area contributed by atoms with Crippen molar-refractivity contribution in [1.29, 1.82) is 0 Å². The normalized spacial score (nSPS) is 25.4. The highest BCUT2D eigenvalue weighted by Crippen LogP contribution is 2.43. The number of carbonyl (C=O) groups is 4. The fourth-order valence-electron chi connectivity index (χ4n) is 3.22. The van der Waals surface area contributed by atoms with Gasteiger partial charge in [0.15, 0.2) is 0 Å². The van der Waals surface area contributed by atoms with E-state index in [9.17, 15) is 19.2 Å². The quantitative estimate of drug-likeness (QED) is 0.660. The summed E-state index contributed by atoms with van der Waals surface area (Å²) in [5.74, 6) is -2.65. The van der Waals surface area contributed by atoms with E-state index in [1.54, 1.807) is 12.2 Å². The monoisotopic (exact) mass is 363 g/mol. The predicted molar refractivity (Wildman–Crippen MR) is 88.0 cm³/mol. The summed E-state index contributed by atoms with van der Waals surface area (Å²) >= 11 is 11.1. The maximum atomic E-state index is 12.2. The number of fused-ring (bicyclic) bond motifs is 1. The van der Waals surface area contributed by atoms with Gasteiger partial charge in [0, 0.05) is 17.0 Å². The van der Waals surface area contributed by atoms with Gasteiger partial charge in [0.2, 0.25) is 11.8 Å². The molecule has 0 aromatic heterocycles. The number of imide groups is 1. The lowest BCUT2D eigenvalue weighted by molar-refractivity contribution is -0.126. The van der Waals surface area contributed by atoms with Crippen molar-refractivity contribution in [1.82, 2.24) is 5.32 Å². The van der Waals surface area contributed by atoms with Gasteiger partial charge in [0.25, 0.3) is 10.5 Å². The first-order valence-electron chi connectivity index (χ1n) is 7.06. The topological polar surface area (TPSA) is 80.3 Å². The van der Waals surface area contributed by atoms with Crippen LogP contribution >= 0.6 is 23.2 Å². The zero-order chi connectivity index (χ0) is 17.6. The van der Waals surface area contributed by atoms with Gasteiger partial charge in [-0.15, -0.1) is 0 Å². The Kier molecular flexibility index (Phi) is 4.15. The molecule has 1 aliphatic carbocycles. The summed E-state index contributed by atoms with van der Waals surface area (Å²) in [4.78, 5) is 47.1. The second kappa shape index (κ2) is 6.00. The molecule has 0 saturated carbocycles. The molecule has 1 aromatic rings. The van der Waals surface area contributed by atoms with Crippen molar-refractivity contribution >= 4 is 45.5 Å². The molecule has 7 heteroatoms. The summed E-state index contributed by atoms with van der Waals surface area (Å²) in [5.41, 5.74) is 1.25. The van der Waals surface area contributed by atoms with E-state index in [0.717, 1.165) is 0 Å². The third-order valence-corrected chi connectivity index (χ3v) is 4.72. The summed E-state index contributed by atoms with van der Waals surface area (Å²) in [6.07, 6.45) is 3.30. The minimum atomic E-state index is -0.753. The molecular weight excluding hydrogens is 353 g/mol. The van der Waals surface area contributed by atoms with Crippen LogP contribution in [-0.4, -0.2) is 22.3 Å². The highest BCUT2D eigenvalue weighted by molar-refractivity contribution is 6.69. The van der Waals surface area contributed by atoms with Crippen LogP contribution < -0.4 is 5.32 Å². The minimum absolute atomic E-state index is 0.0850. The third kappa shape index (κ3) is 2.70. The number of benzene rings is 1. The largest absolute Gasteiger partial charge is 0.296 e. The first-order chi connectivity index (χ1) is 11.3. The fourth-order valence-corrected chi connectivity index (χ4v) is 3.44. The van der Waals surface area contributed by atoms with Crippen LogP contribution in [0.3, 0.4) is 0 Å². The van der Waals surface area contributed by atoms with E-state index in [0.29, 0.717) is 11.1 Å². The lowest BCUT2D eigenvalue weighted by Gasteiger charge is -2.29. The van der Waals surface area contributed by atoms with Crippen molar-refractivity contribution in [2.75, 3.05) is 0 Å². The molecular formula is C17H11Cl2NO4. The number of carbonyl (C=O) groups excluding carboxylic acids is 4. The van der Waals surface area contributed by atoms with E-state index < -0.39 is 34.1 Å². The van der Waals surface area contributed by atoms with Crippen molar-refractivity contribution in [3.05, 3.63) is 59.2 Å².